The van der Waals surface area contributed by atoms with Crippen LogP contribution in [-0.2, 0) is 12.4 Å². The number of halogens is 2. The lowest BCUT2D eigenvalue weighted by molar-refractivity contribution is 0.660. The van der Waals surface area contributed by atoms with Crippen LogP contribution in [0.3, 0.4) is 0 Å². The quantitative estimate of drug-likeness (QED) is 0.645. The van der Waals surface area contributed by atoms with E-state index in [0.717, 1.165) is 45.0 Å². The maximum Gasteiger partial charge on any atom is 0.163 e. The molecule has 1 aromatic carbocycles. The van der Waals surface area contributed by atoms with Gasteiger partial charge in [0.05, 0.1) is 17.3 Å². The summed E-state index contributed by atoms with van der Waals surface area (Å²) in [5, 5.41) is 4.56. The molecule has 3 aromatic rings. The Morgan fingerprint density at radius 2 is 2.05 bits per heavy atom. The number of fused-ring (bicyclic) bond motifs is 1. The van der Waals surface area contributed by atoms with Crippen LogP contribution in [-0.4, -0.2) is 19.3 Å². The number of aromatic nitrogens is 4. The highest BCUT2D eigenvalue weighted by molar-refractivity contribution is 9.10. The summed E-state index contributed by atoms with van der Waals surface area (Å²) in [6.45, 7) is 6.95. The number of hydrogen-bond donors (Lipinski definition) is 0. The number of aryl methyl sites for hydroxylation is 2. The van der Waals surface area contributed by atoms with Crippen LogP contribution in [0, 0.1) is 13.8 Å². The molecule has 3 rings (SSSR count). The fourth-order valence-electron chi connectivity index (χ4n) is 2.61. The predicted molar refractivity (Wildman–Crippen MR) is 89.3 cm³/mol. The van der Waals surface area contributed by atoms with Crippen LogP contribution in [0.5, 0.6) is 0 Å². The SMILES string of the molecule is CCn1nc(C)c2nc(CCl)n(-c3cccc(Br)c3C)c21. The van der Waals surface area contributed by atoms with E-state index in [4.69, 9.17) is 11.6 Å². The first-order valence-corrected chi connectivity index (χ1v) is 8.17. The third kappa shape index (κ3) is 2.19. The number of nitrogens with zero attached hydrogens (tertiary/aromatic N) is 4. The fraction of sp³-hybridized carbons (Fsp3) is 0.333. The molecule has 0 saturated carbocycles. The second kappa shape index (κ2) is 5.46. The summed E-state index contributed by atoms with van der Waals surface area (Å²) >= 11 is 9.72. The highest BCUT2D eigenvalue weighted by atomic mass is 79.9. The standard InChI is InChI=1S/C15H16BrClN4/c1-4-20-15-14(10(3)19-20)18-13(8-17)21(15)12-7-5-6-11(16)9(12)2/h5-7H,4,8H2,1-3H3. The molecule has 21 heavy (non-hydrogen) atoms. The van der Waals surface area contributed by atoms with E-state index in [9.17, 15) is 0 Å². The molecule has 0 aliphatic carbocycles. The van der Waals surface area contributed by atoms with Crippen LogP contribution in [0.25, 0.3) is 16.9 Å². The monoisotopic (exact) mass is 366 g/mol. The summed E-state index contributed by atoms with van der Waals surface area (Å²) in [6.07, 6.45) is 0. The van der Waals surface area contributed by atoms with Crippen LogP contribution >= 0.6 is 27.5 Å². The van der Waals surface area contributed by atoms with E-state index in [1.165, 1.54) is 0 Å². The van der Waals surface area contributed by atoms with Crippen molar-refractivity contribution >= 4 is 38.7 Å². The van der Waals surface area contributed by atoms with Gasteiger partial charge in [-0.2, -0.15) is 5.10 Å². The van der Waals surface area contributed by atoms with Gasteiger partial charge in [0, 0.05) is 11.0 Å². The highest BCUT2D eigenvalue weighted by Crippen LogP contribution is 2.29. The van der Waals surface area contributed by atoms with Crippen LogP contribution < -0.4 is 0 Å². The van der Waals surface area contributed by atoms with E-state index < -0.39 is 0 Å². The molecule has 0 fully saturated rings. The minimum Gasteiger partial charge on any atom is -0.280 e. The van der Waals surface area contributed by atoms with Crippen LogP contribution in [0.4, 0.5) is 0 Å². The molecule has 0 spiro atoms. The van der Waals surface area contributed by atoms with E-state index in [-0.39, 0.29) is 0 Å². The molecule has 2 aromatic heterocycles. The second-order valence-corrected chi connectivity index (χ2v) is 6.08. The largest absolute Gasteiger partial charge is 0.280 e. The Labute approximate surface area is 136 Å². The fourth-order valence-corrected chi connectivity index (χ4v) is 3.15. The maximum absolute atomic E-state index is 6.13. The molecule has 110 valence electrons. The Kier molecular flexibility index (Phi) is 3.80. The second-order valence-electron chi connectivity index (χ2n) is 4.95. The van der Waals surface area contributed by atoms with E-state index in [1.54, 1.807) is 0 Å². The van der Waals surface area contributed by atoms with Crippen molar-refractivity contribution in [2.45, 2.75) is 33.2 Å². The molecule has 0 N–H and O–H groups in total. The summed E-state index contributed by atoms with van der Waals surface area (Å²) < 4.78 is 5.17. The van der Waals surface area contributed by atoms with Gasteiger partial charge in [-0.25, -0.2) is 9.67 Å². The zero-order valence-corrected chi connectivity index (χ0v) is 14.5. The van der Waals surface area contributed by atoms with Crippen molar-refractivity contribution in [2.75, 3.05) is 0 Å². The highest BCUT2D eigenvalue weighted by Gasteiger charge is 2.20. The van der Waals surface area contributed by atoms with Gasteiger partial charge in [-0.1, -0.05) is 22.0 Å². The first kappa shape index (κ1) is 14.6. The van der Waals surface area contributed by atoms with Gasteiger partial charge in [-0.15, -0.1) is 11.6 Å². The van der Waals surface area contributed by atoms with Crippen LogP contribution in [0.15, 0.2) is 22.7 Å². The molecule has 0 bridgehead atoms. The van der Waals surface area contributed by atoms with Crippen molar-refractivity contribution in [3.63, 3.8) is 0 Å². The van der Waals surface area contributed by atoms with E-state index in [1.807, 2.05) is 23.7 Å². The van der Waals surface area contributed by atoms with Gasteiger partial charge in [0.15, 0.2) is 5.65 Å². The summed E-state index contributed by atoms with van der Waals surface area (Å²) in [6, 6.07) is 6.14. The minimum absolute atomic E-state index is 0.365. The number of imidazole rings is 1. The summed E-state index contributed by atoms with van der Waals surface area (Å²) in [5.41, 5.74) is 5.10. The molecular formula is C15H16BrClN4. The molecule has 0 atom stereocenters. The average molecular weight is 368 g/mol. The Balaban J connectivity index is 2.42. The van der Waals surface area contributed by atoms with Gasteiger partial charge >= 0.3 is 0 Å². The van der Waals surface area contributed by atoms with Crippen molar-refractivity contribution < 1.29 is 0 Å². The van der Waals surface area contributed by atoms with Crippen LogP contribution in [0.1, 0.15) is 24.0 Å². The first-order valence-electron chi connectivity index (χ1n) is 6.84. The van der Waals surface area contributed by atoms with Crippen molar-refractivity contribution in [3.8, 4) is 5.69 Å². The number of rotatable bonds is 3. The third-order valence-electron chi connectivity index (χ3n) is 3.68. The summed E-state index contributed by atoms with van der Waals surface area (Å²) in [5.74, 6) is 1.21. The Morgan fingerprint density at radius 3 is 2.71 bits per heavy atom. The molecule has 0 saturated heterocycles. The Morgan fingerprint density at radius 1 is 1.29 bits per heavy atom. The lowest BCUT2D eigenvalue weighted by Gasteiger charge is -2.13. The maximum atomic E-state index is 6.13. The van der Waals surface area contributed by atoms with Crippen molar-refractivity contribution in [1.29, 1.82) is 0 Å². The molecule has 4 nitrogen and oxygen atoms in total. The Bertz CT molecular complexity index is 819. The molecule has 6 heteroatoms. The smallest absolute Gasteiger partial charge is 0.163 e. The summed E-state index contributed by atoms with van der Waals surface area (Å²) in [4.78, 5) is 4.68. The Hall–Kier alpha value is -1.33. The normalized spacial score (nSPS) is 11.5. The molecule has 0 aliphatic rings. The van der Waals surface area contributed by atoms with Crippen molar-refractivity contribution in [2.24, 2.45) is 0 Å². The topological polar surface area (TPSA) is 35.6 Å². The van der Waals surface area contributed by atoms with Crippen molar-refractivity contribution in [3.05, 3.63) is 39.8 Å². The van der Waals surface area contributed by atoms with Crippen LogP contribution in [0.2, 0.25) is 0 Å². The van der Waals surface area contributed by atoms with Gasteiger partial charge in [0.1, 0.15) is 11.3 Å². The molecule has 0 amide bonds. The molecule has 0 radical (unpaired) electrons. The van der Waals surface area contributed by atoms with E-state index in [2.05, 4.69) is 50.5 Å². The van der Waals surface area contributed by atoms with Gasteiger partial charge in [-0.05, 0) is 38.5 Å². The lowest BCUT2D eigenvalue weighted by atomic mass is 10.2. The first-order chi connectivity index (χ1) is 10.1. The van der Waals surface area contributed by atoms with E-state index >= 15 is 0 Å². The molecule has 0 aliphatic heterocycles. The zero-order chi connectivity index (χ0) is 15.1. The van der Waals surface area contributed by atoms with Gasteiger partial charge < -0.3 is 0 Å². The van der Waals surface area contributed by atoms with Gasteiger partial charge in [0.25, 0.3) is 0 Å². The average Bonchev–Trinajstić information content (AvgIpc) is 3.00. The molecule has 0 unspecified atom stereocenters. The van der Waals surface area contributed by atoms with Gasteiger partial charge in [-0.3, -0.25) is 4.57 Å². The van der Waals surface area contributed by atoms with Crippen molar-refractivity contribution in [1.82, 2.24) is 19.3 Å². The number of alkyl halides is 1. The minimum atomic E-state index is 0.365. The van der Waals surface area contributed by atoms with E-state index in [0.29, 0.717) is 5.88 Å². The number of benzene rings is 1. The number of hydrogen-bond acceptors (Lipinski definition) is 2. The predicted octanol–water partition coefficient (Wildman–Crippen LogP) is 4.36. The lowest BCUT2D eigenvalue weighted by Crippen LogP contribution is -2.07. The van der Waals surface area contributed by atoms with Gasteiger partial charge in [0.2, 0.25) is 0 Å². The molecular weight excluding hydrogens is 352 g/mol. The molecule has 2 heterocycles. The third-order valence-corrected chi connectivity index (χ3v) is 4.78. The zero-order valence-electron chi connectivity index (χ0n) is 12.2. The summed E-state index contributed by atoms with van der Waals surface area (Å²) in [7, 11) is 0.